The Labute approximate surface area is 200 Å². The number of rotatable bonds is 8. The van der Waals surface area contributed by atoms with E-state index in [1.54, 1.807) is 29.1 Å². The van der Waals surface area contributed by atoms with Crippen LogP contribution in [0.1, 0.15) is 35.8 Å². The third-order valence-electron chi connectivity index (χ3n) is 5.62. The van der Waals surface area contributed by atoms with Crippen molar-refractivity contribution < 1.29 is 9.53 Å². The normalized spacial score (nSPS) is 14.3. The number of fused-ring (bicyclic) bond motifs is 3. The van der Waals surface area contributed by atoms with Gasteiger partial charge in [-0.3, -0.25) is 14.2 Å². The van der Waals surface area contributed by atoms with E-state index in [2.05, 4.69) is 5.32 Å². The zero-order valence-corrected chi connectivity index (χ0v) is 20.5. The van der Waals surface area contributed by atoms with Gasteiger partial charge in [-0.15, -0.1) is 11.3 Å². The quantitative estimate of drug-likeness (QED) is 0.372. The number of hydrogen-bond acceptors (Lipinski definition) is 6. The van der Waals surface area contributed by atoms with Crippen molar-refractivity contribution in [2.24, 2.45) is 0 Å². The van der Waals surface area contributed by atoms with Crippen molar-refractivity contribution in [2.75, 3.05) is 13.7 Å². The van der Waals surface area contributed by atoms with Gasteiger partial charge in [0, 0.05) is 23.6 Å². The van der Waals surface area contributed by atoms with Gasteiger partial charge in [-0.05, 0) is 49.8 Å². The molecule has 4 rings (SSSR count). The summed E-state index contributed by atoms with van der Waals surface area (Å²) < 4.78 is 6.89. The minimum atomic E-state index is -0.426. The number of aromatic nitrogens is 2. The Morgan fingerprint density at radius 2 is 2.12 bits per heavy atom. The molecule has 0 saturated heterocycles. The lowest BCUT2D eigenvalue weighted by molar-refractivity contribution is -0.120. The highest BCUT2D eigenvalue weighted by Gasteiger charge is 2.24. The molecule has 1 aromatic carbocycles. The summed E-state index contributed by atoms with van der Waals surface area (Å²) in [6.07, 6.45) is 4.21. The summed E-state index contributed by atoms with van der Waals surface area (Å²) in [7, 11) is 1.61. The predicted molar refractivity (Wildman–Crippen MR) is 131 cm³/mol. The molecule has 0 aliphatic heterocycles. The van der Waals surface area contributed by atoms with Crippen molar-refractivity contribution in [2.45, 2.75) is 56.1 Å². The van der Waals surface area contributed by atoms with Crippen molar-refractivity contribution in [3.8, 4) is 0 Å². The van der Waals surface area contributed by atoms with Gasteiger partial charge in [0.2, 0.25) is 5.91 Å². The van der Waals surface area contributed by atoms with Crippen LogP contribution in [0.3, 0.4) is 0 Å². The Morgan fingerprint density at radius 3 is 2.91 bits per heavy atom. The van der Waals surface area contributed by atoms with E-state index in [0.29, 0.717) is 29.9 Å². The minimum Gasteiger partial charge on any atom is -0.383 e. The van der Waals surface area contributed by atoms with Gasteiger partial charge in [-0.25, -0.2) is 4.98 Å². The summed E-state index contributed by atoms with van der Waals surface area (Å²) in [5.74, 6) is -0.131. The van der Waals surface area contributed by atoms with E-state index in [9.17, 15) is 9.59 Å². The Balaban J connectivity index is 1.58. The lowest BCUT2D eigenvalue weighted by atomic mass is 9.97. The number of ether oxygens (including phenoxy) is 1. The smallest absolute Gasteiger partial charge is 0.263 e. The monoisotopic (exact) mass is 491 g/mol. The van der Waals surface area contributed by atoms with E-state index in [1.165, 1.54) is 22.2 Å². The van der Waals surface area contributed by atoms with Gasteiger partial charge in [-0.2, -0.15) is 0 Å². The van der Waals surface area contributed by atoms with Crippen LogP contribution < -0.4 is 10.9 Å². The highest BCUT2D eigenvalue weighted by atomic mass is 35.5. The van der Waals surface area contributed by atoms with Gasteiger partial charge >= 0.3 is 0 Å². The van der Waals surface area contributed by atoms with Crippen LogP contribution in [-0.4, -0.2) is 34.4 Å². The van der Waals surface area contributed by atoms with Crippen LogP contribution in [0.2, 0.25) is 5.02 Å². The third kappa shape index (κ3) is 4.88. The summed E-state index contributed by atoms with van der Waals surface area (Å²) in [6, 6.07) is 7.43. The summed E-state index contributed by atoms with van der Waals surface area (Å²) in [6.45, 7) is 2.98. The molecule has 170 valence electrons. The zero-order valence-electron chi connectivity index (χ0n) is 18.2. The molecular weight excluding hydrogens is 466 g/mol. The molecule has 1 aliphatic rings. The molecule has 32 heavy (non-hydrogen) atoms. The summed E-state index contributed by atoms with van der Waals surface area (Å²) in [5.41, 5.74) is 2.00. The molecule has 2 aromatic heterocycles. The second-order valence-corrected chi connectivity index (χ2v) is 10.6. The van der Waals surface area contributed by atoms with E-state index in [4.69, 9.17) is 21.3 Å². The van der Waals surface area contributed by atoms with Crippen molar-refractivity contribution in [3.05, 3.63) is 55.6 Å². The maximum absolute atomic E-state index is 13.4. The number of halogens is 1. The molecule has 0 bridgehead atoms. The number of thioether (sulfide) groups is 1. The summed E-state index contributed by atoms with van der Waals surface area (Å²) in [4.78, 5) is 33.1. The van der Waals surface area contributed by atoms with Gasteiger partial charge in [0.25, 0.3) is 5.56 Å². The van der Waals surface area contributed by atoms with Gasteiger partial charge in [-0.1, -0.05) is 41.6 Å². The molecule has 0 saturated carbocycles. The molecule has 2 heterocycles. The number of nitrogens with zero attached hydrogens (tertiary/aromatic N) is 2. The number of benzene rings is 1. The molecule has 0 radical (unpaired) electrons. The molecule has 1 atom stereocenters. The number of carbonyl (C=O) groups is 1. The molecule has 9 heteroatoms. The molecule has 3 aromatic rings. The Hall–Kier alpha value is -1.87. The predicted octanol–water partition coefficient (Wildman–Crippen LogP) is 4.43. The minimum absolute atomic E-state index is 0.0300. The fourth-order valence-electron chi connectivity index (χ4n) is 3.87. The molecule has 0 spiro atoms. The molecule has 1 aliphatic carbocycles. The van der Waals surface area contributed by atoms with Crippen LogP contribution in [-0.2, 0) is 35.5 Å². The van der Waals surface area contributed by atoms with Gasteiger partial charge in [0.15, 0.2) is 5.16 Å². The van der Waals surface area contributed by atoms with E-state index < -0.39 is 5.25 Å². The fourth-order valence-corrected chi connectivity index (χ4v) is 6.33. The molecule has 1 unspecified atom stereocenters. The summed E-state index contributed by atoms with van der Waals surface area (Å²) in [5, 5.41) is 4.43. The first-order valence-electron chi connectivity index (χ1n) is 10.7. The lowest BCUT2D eigenvalue weighted by Crippen LogP contribution is -2.32. The topological polar surface area (TPSA) is 73.2 Å². The van der Waals surface area contributed by atoms with Crippen molar-refractivity contribution in [1.29, 1.82) is 0 Å². The largest absolute Gasteiger partial charge is 0.383 e. The zero-order chi connectivity index (χ0) is 22.7. The maximum atomic E-state index is 13.4. The van der Waals surface area contributed by atoms with Crippen LogP contribution in [0.25, 0.3) is 10.2 Å². The second kappa shape index (κ2) is 10.4. The maximum Gasteiger partial charge on any atom is 0.263 e. The highest BCUT2D eigenvalue weighted by Crippen LogP contribution is 2.35. The first kappa shape index (κ1) is 23.3. The number of aryl methyl sites for hydroxylation is 2. The Kier molecular flexibility index (Phi) is 7.55. The fraction of sp³-hybridized carbons (Fsp3) is 0.435. The van der Waals surface area contributed by atoms with E-state index in [1.807, 2.05) is 25.1 Å². The number of amides is 1. The molecule has 6 nitrogen and oxygen atoms in total. The summed E-state index contributed by atoms with van der Waals surface area (Å²) >= 11 is 9.11. The molecule has 0 fully saturated rings. The second-order valence-electron chi connectivity index (χ2n) is 7.80. The first-order valence-corrected chi connectivity index (χ1v) is 12.8. The van der Waals surface area contributed by atoms with Crippen molar-refractivity contribution >= 4 is 50.8 Å². The average Bonchev–Trinajstić information content (AvgIpc) is 3.16. The van der Waals surface area contributed by atoms with Gasteiger partial charge in [0.1, 0.15) is 4.83 Å². The van der Waals surface area contributed by atoms with Crippen molar-refractivity contribution in [3.63, 3.8) is 0 Å². The van der Waals surface area contributed by atoms with Crippen LogP contribution in [0.5, 0.6) is 0 Å². The third-order valence-corrected chi connectivity index (χ3v) is 8.27. The van der Waals surface area contributed by atoms with Gasteiger partial charge < -0.3 is 10.1 Å². The lowest BCUT2D eigenvalue weighted by Gasteiger charge is -2.16. The van der Waals surface area contributed by atoms with Crippen LogP contribution in [0.15, 0.2) is 34.2 Å². The van der Waals surface area contributed by atoms with Crippen molar-refractivity contribution in [1.82, 2.24) is 14.9 Å². The van der Waals surface area contributed by atoms with E-state index in [-0.39, 0.29) is 11.5 Å². The Bertz CT molecular complexity index is 1190. The number of nitrogens with one attached hydrogen (secondary N) is 1. The SMILES string of the molecule is COCCn1c(SC(C)C(=O)NCc2ccccc2Cl)nc2sc3c(c2c1=O)CCCC3. The van der Waals surface area contributed by atoms with Crippen LogP contribution in [0, 0.1) is 0 Å². The molecule has 1 N–H and O–H groups in total. The first-order chi connectivity index (χ1) is 15.5. The van der Waals surface area contributed by atoms with E-state index in [0.717, 1.165) is 41.5 Å². The molecular formula is C23H26ClN3O3S2. The number of methoxy groups -OCH3 is 1. The average molecular weight is 492 g/mol. The van der Waals surface area contributed by atoms with Crippen LogP contribution >= 0.6 is 34.7 Å². The Morgan fingerprint density at radius 1 is 1.34 bits per heavy atom. The highest BCUT2D eigenvalue weighted by molar-refractivity contribution is 8.00. The number of thiophene rings is 1. The van der Waals surface area contributed by atoms with Crippen LogP contribution in [0.4, 0.5) is 0 Å². The number of carbonyl (C=O) groups excluding carboxylic acids is 1. The van der Waals surface area contributed by atoms with E-state index >= 15 is 0 Å². The standard InChI is InChI=1S/C23H26ClN3O3S2/c1-14(20(28)25-13-15-7-3-5-9-17(15)24)31-23-26-21-19(22(29)27(23)11-12-30-2)16-8-4-6-10-18(16)32-21/h3,5,7,9,14H,4,6,8,10-13H2,1-2H3,(H,25,28). The number of hydrogen-bond donors (Lipinski definition) is 1. The molecule has 1 amide bonds. The van der Waals surface area contributed by atoms with Gasteiger partial charge in [0.05, 0.1) is 23.8 Å².